The first-order valence-electron chi connectivity index (χ1n) is 5.24. The van der Waals surface area contributed by atoms with Crippen molar-refractivity contribution < 1.29 is 9.50 Å². The van der Waals surface area contributed by atoms with Crippen molar-refractivity contribution in [3.8, 4) is 0 Å². The summed E-state index contributed by atoms with van der Waals surface area (Å²) in [7, 11) is 0. The van der Waals surface area contributed by atoms with Gasteiger partial charge in [-0.15, -0.1) is 0 Å². The zero-order valence-electron chi connectivity index (χ0n) is 8.01. The zero-order chi connectivity index (χ0) is 9.31. The Labute approximate surface area is 78.7 Å². The van der Waals surface area contributed by atoms with E-state index < -0.39 is 5.67 Å². The average Bonchev–Trinajstić information content (AvgIpc) is 2.85. The molecule has 1 aliphatic carbocycles. The van der Waals surface area contributed by atoms with Gasteiger partial charge in [0.2, 0.25) is 0 Å². The Kier molecular flexibility index (Phi) is 2.56. The van der Waals surface area contributed by atoms with Crippen LogP contribution in [-0.2, 0) is 0 Å². The molecule has 1 saturated carbocycles. The maximum Gasteiger partial charge on any atom is 0.123 e. The van der Waals surface area contributed by atoms with E-state index >= 15 is 0 Å². The summed E-state index contributed by atoms with van der Waals surface area (Å²) in [5.74, 6) is 0.464. The van der Waals surface area contributed by atoms with E-state index in [-0.39, 0.29) is 0 Å². The Bertz CT molecular complexity index is 174. The molecule has 2 nitrogen and oxygen atoms in total. The van der Waals surface area contributed by atoms with Gasteiger partial charge in [-0.2, -0.15) is 0 Å². The SMILES string of the molecule is OCC1CCN(CC2(F)CC2)CC1. The first kappa shape index (κ1) is 9.41. The first-order valence-corrected chi connectivity index (χ1v) is 5.24. The minimum Gasteiger partial charge on any atom is -0.396 e. The smallest absolute Gasteiger partial charge is 0.123 e. The van der Waals surface area contributed by atoms with Crippen molar-refractivity contribution in [3.05, 3.63) is 0 Å². The zero-order valence-corrected chi connectivity index (χ0v) is 8.01. The third-order valence-electron chi connectivity index (χ3n) is 3.26. The Morgan fingerprint density at radius 3 is 2.38 bits per heavy atom. The van der Waals surface area contributed by atoms with Gasteiger partial charge in [-0.3, -0.25) is 0 Å². The van der Waals surface area contributed by atoms with E-state index in [2.05, 4.69) is 4.90 Å². The molecule has 1 N–H and O–H groups in total. The molecule has 2 aliphatic rings. The molecule has 76 valence electrons. The van der Waals surface area contributed by atoms with Crippen LogP contribution in [0.4, 0.5) is 4.39 Å². The van der Waals surface area contributed by atoms with Crippen molar-refractivity contribution in [1.82, 2.24) is 4.90 Å². The van der Waals surface area contributed by atoms with E-state index in [9.17, 15) is 4.39 Å². The number of aliphatic hydroxyl groups excluding tert-OH is 1. The van der Waals surface area contributed by atoms with Crippen molar-refractivity contribution in [3.63, 3.8) is 0 Å². The molecule has 0 atom stereocenters. The van der Waals surface area contributed by atoms with E-state index in [0.717, 1.165) is 38.8 Å². The molecule has 0 amide bonds. The van der Waals surface area contributed by atoms with E-state index in [1.54, 1.807) is 0 Å². The molecule has 1 saturated heterocycles. The summed E-state index contributed by atoms with van der Waals surface area (Å²) < 4.78 is 13.4. The predicted molar refractivity (Wildman–Crippen MR) is 49.3 cm³/mol. The summed E-state index contributed by atoms with van der Waals surface area (Å²) in [6, 6.07) is 0. The third kappa shape index (κ3) is 2.41. The average molecular weight is 187 g/mol. The summed E-state index contributed by atoms with van der Waals surface area (Å²) in [6.45, 7) is 2.87. The second-order valence-corrected chi connectivity index (χ2v) is 4.55. The molecule has 0 bridgehead atoms. The van der Waals surface area contributed by atoms with Crippen LogP contribution in [-0.4, -0.2) is 41.9 Å². The predicted octanol–water partition coefficient (Wildman–Crippen LogP) is 1.19. The number of rotatable bonds is 3. The molecule has 0 aromatic rings. The highest BCUT2D eigenvalue weighted by molar-refractivity contribution is 4.97. The van der Waals surface area contributed by atoms with Crippen molar-refractivity contribution in [2.24, 2.45) is 5.92 Å². The van der Waals surface area contributed by atoms with Crippen LogP contribution in [0.1, 0.15) is 25.7 Å². The fraction of sp³-hybridized carbons (Fsp3) is 1.00. The van der Waals surface area contributed by atoms with Crippen molar-refractivity contribution in [1.29, 1.82) is 0 Å². The van der Waals surface area contributed by atoms with Gasteiger partial charge >= 0.3 is 0 Å². The molecular formula is C10H18FNO. The highest BCUT2D eigenvalue weighted by Crippen LogP contribution is 2.40. The standard InChI is InChI=1S/C10H18FNO/c11-10(3-4-10)8-12-5-1-9(7-13)2-6-12/h9,13H,1-8H2. The summed E-state index contributed by atoms with van der Waals surface area (Å²) in [5, 5.41) is 8.93. The van der Waals surface area contributed by atoms with Crippen molar-refractivity contribution in [2.75, 3.05) is 26.2 Å². The van der Waals surface area contributed by atoms with Gasteiger partial charge in [-0.25, -0.2) is 4.39 Å². The van der Waals surface area contributed by atoms with Crippen LogP contribution in [0, 0.1) is 5.92 Å². The fourth-order valence-corrected chi connectivity index (χ4v) is 2.02. The molecule has 1 aliphatic heterocycles. The molecule has 2 rings (SSSR count). The number of alkyl halides is 1. The van der Waals surface area contributed by atoms with E-state index in [0.29, 0.717) is 19.1 Å². The normalized spacial score (nSPS) is 29.1. The molecule has 0 aromatic carbocycles. The lowest BCUT2D eigenvalue weighted by Crippen LogP contribution is -2.39. The number of halogens is 1. The van der Waals surface area contributed by atoms with Crippen LogP contribution in [0.5, 0.6) is 0 Å². The number of nitrogens with zero attached hydrogens (tertiary/aromatic N) is 1. The fourth-order valence-electron chi connectivity index (χ4n) is 2.02. The number of hydrogen-bond acceptors (Lipinski definition) is 2. The summed E-state index contributed by atoms with van der Waals surface area (Å²) in [4.78, 5) is 2.21. The van der Waals surface area contributed by atoms with Crippen molar-refractivity contribution >= 4 is 0 Å². The molecule has 3 heteroatoms. The number of hydrogen-bond donors (Lipinski definition) is 1. The lowest BCUT2D eigenvalue weighted by atomic mass is 9.98. The second-order valence-electron chi connectivity index (χ2n) is 4.55. The highest BCUT2D eigenvalue weighted by Gasteiger charge is 2.44. The molecule has 2 fully saturated rings. The summed E-state index contributed by atoms with van der Waals surface area (Å²) >= 11 is 0. The molecule has 0 radical (unpaired) electrons. The number of likely N-dealkylation sites (tertiary alicyclic amines) is 1. The van der Waals surface area contributed by atoms with Gasteiger partial charge in [0, 0.05) is 13.2 Å². The topological polar surface area (TPSA) is 23.5 Å². The minimum absolute atomic E-state index is 0.300. The highest BCUT2D eigenvalue weighted by atomic mass is 19.1. The van der Waals surface area contributed by atoms with Crippen LogP contribution in [0.3, 0.4) is 0 Å². The third-order valence-corrected chi connectivity index (χ3v) is 3.26. The van der Waals surface area contributed by atoms with Crippen LogP contribution in [0.2, 0.25) is 0 Å². The Morgan fingerprint density at radius 1 is 1.31 bits per heavy atom. The molecular weight excluding hydrogens is 169 g/mol. The monoisotopic (exact) mass is 187 g/mol. The Balaban J connectivity index is 1.72. The molecule has 13 heavy (non-hydrogen) atoms. The van der Waals surface area contributed by atoms with E-state index in [1.165, 1.54) is 0 Å². The van der Waals surface area contributed by atoms with Crippen LogP contribution >= 0.6 is 0 Å². The quantitative estimate of drug-likeness (QED) is 0.717. The number of aliphatic hydroxyl groups is 1. The molecule has 0 spiro atoms. The van der Waals surface area contributed by atoms with Crippen LogP contribution in [0.15, 0.2) is 0 Å². The maximum atomic E-state index is 13.4. The van der Waals surface area contributed by atoms with Gasteiger partial charge in [0.1, 0.15) is 5.67 Å². The van der Waals surface area contributed by atoms with E-state index in [4.69, 9.17) is 5.11 Å². The first-order chi connectivity index (χ1) is 6.22. The van der Waals surface area contributed by atoms with Crippen LogP contribution < -0.4 is 0 Å². The number of piperidine rings is 1. The van der Waals surface area contributed by atoms with Crippen LogP contribution in [0.25, 0.3) is 0 Å². The van der Waals surface area contributed by atoms with Crippen molar-refractivity contribution in [2.45, 2.75) is 31.4 Å². The Hall–Kier alpha value is -0.150. The van der Waals surface area contributed by atoms with Gasteiger partial charge in [0.25, 0.3) is 0 Å². The molecule has 1 heterocycles. The van der Waals surface area contributed by atoms with Gasteiger partial charge in [0.15, 0.2) is 0 Å². The lowest BCUT2D eigenvalue weighted by Gasteiger charge is -2.31. The van der Waals surface area contributed by atoms with Gasteiger partial charge in [0.05, 0.1) is 0 Å². The maximum absolute atomic E-state index is 13.4. The molecule has 0 aromatic heterocycles. The van der Waals surface area contributed by atoms with E-state index in [1.807, 2.05) is 0 Å². The second kappa shape index (κ2) is 3.54. The van der Waals surface area contributed by atoms with Gasteiger partial charge < -0.3 is 10.0 Å². The Morgan fingerprint density at radius 2 is 1.92 bits per heavy atom. The van der Waals surface area contributed by atoms with Gasteiger partial charge in [-0.1, -0.05) is 0 Å². The molecule has 0 unspecified atom stereocenters. The summed E-state index contributed by atoms with van der Waals surface area (Å²) in [5.41, 5.74) is -0.841. The largest absolute Gasteiger partial charge is 0.396 e. The van der Waals surface area contributed by atoms with Gasteiger partial charge in [-0.05, 0) is 44.7 Å². The minimum atomic E-state index is -0.841. The lowest BCUT2D eigenvalue weighted by molar-refractivity contribution is 0.103. The summed E-state index contributed by atoms with van der Waals surface area (Å²) in [6.07, 6.45) is 3.58.